The monoisotopic (exact) mass is 410 g/mol. The molecular weight excluding hydrogens is 395 g/mol. The number of H-pyrrole nitrogens is 4. The first kappa shape index (κ1) is 14.9. The van der Waals surface area contributed by atoms with Gasteiger partial charge in [0, 0.05) is 20.9 Å². The summed E-state index contributed by atoms with van der Waals surface area (Å²) in [6.45, 7) is 3.65. The van der Waals surface area contributed by atoms with E-state index in [2.05, 4.69) is 43.0 Å². The first-order chi connectivity index (χ1) is 10.5. The predicted octanol–water partition coefficient (Wildman–Crippen LogP) is 2.12. The van der Waals surface area contributed by atoms with E-state index in [9.17, 15) is 9.59 Å². The van der Waals surface area contributed by atoms with Crippen LogP contribution in [-0.4, -0.2) is 20.4 Å². The molecule has 0 unspecified atom stereocenters. The van der Waals surface area contributed by atoms with E-state index >= 15 is 0 Å². The molecule has 3 aromatic rings. The number of aromatic amines is 4. The predicted molar refractivity (Wildman–Crippen MR) is 92.4 cm³/mol. The van der Waals surface area contributed by atoms with Crippen LogP contribution in [0.3, 0.4) is 0 Å². The minimum absolute atomic E-state index is 0.206. The van der Waals surface area contributed by atoms with Crippen LogP contribution in [0, 0.1) is 17.4 Å². The summed E-state index contributed by atoms with van der Waals surface area (Å²) >= 11 is 2.23. The van der Waals surface area contributed by atoms with Crippen LogP contribution in [0.2, 0.25) is 0 Å². The highest BCUT2D eigenvalue weighted by Crippen LogP contribution is 2.33. The normalized spacial score (nSPS) is 11.3. The number of aromatic nitrogens is 4. The maximum absolute atomic E-state index is 12.3. The Morgan fingerprint density at radius 2 is 1.36 bits per heavy atom. The van der Waals surface area contributed by atoms with Gasteiger partial charge in [-0.05, 0) is 48.1 Å². The van der Waals surface area contributed by atoms with Crippen LogP contribution >= 0.6 is 22.6 Å². The van der Waals surface area contributed by atoms with Crippen molar-refractivity contribution in [1.29, 1.82) is 0 Å². The molecule has 22 heavy (non-hydrogen) atoms. The van der Waals surface area contributed by atoms with Crippen molar-refractivity contribution in [2.45, 2.75) is 19.8 Å². The smallest absolute Gasteiger partial charge is 0.268 e. The Hall–Kier alpha value is -2.03. The fraction of sp³-hybridized carbons (Fsp3) is 0.200. The van der Waals surface area contributed by atoms with Crippen molar-refractivity contribution in [2.75, 3.05) is 0 Å². The minimum atomic E-state index is -0.418. The van der Waals surface area contributed by atoms with E-state index in [-0.39, 0.29) is 11.1 Å². The molecule has 114 valence electrons. The number of halogens is 1. The van der Waals surface area contributed by atoms with Crippen LogP contribution in [0.5, 0.6) is 0 Å². The molecule has 3 rings (SSSR count). The lowest BCUT2D eigenvalue weighted by Gasteiger charge is -2.17. The number of aryl methyl sites for hydroxylation is 2. The van der Waals surface area contributed by atoms with Crippen LogP contribution in [0.25, 0.3) is 0 Å². The van der Waals surface area contributed by atoms with Crippen molar-refractivity contribution in [3.8, 4) is 0 Å². The highest BCUT2D eigenvalue weighted by molar-refractivity contribution is 14.1. The molecule has 2 heterocycles. The van der Waals surface area contributed by atoms with Gasteiger partial charge in [0.05, 0.1) is 11.1 Å². The van der Waals surface area contributed by atoms with Gasteiger partial charge in [-0.3, -0.25) is 19.8 Å². The number of hydrogen-bond acceptors (Lipinski definition) is 2. The SMILES string of the molecule is Cc1[nH][nH]c(=O)c1C(c1ccccc1I)c1c(C)[nH][nH]c1=O. The third-order valence-corrected chi connectivity index (χ3v) is 4.80. The summed E-state index contributed by atoms with van der Waals surface area (Å²) in [5.74, 6) is -0.418. The number of benzene rings is 1. The second kappa shape index (κ2) is 5.64. The summed E-state index contributed by atoms with van der Waals surface area (Å²) in [6.07, 6.45) is 0. The second-order valence-corrected chi connectivity index (χ2v) is 6.35. The molecule has 1 aromatic carbocycles. The number of rotatable bonds is 3. The third kappa shape index (κ3) is 2.35. The number of hydrogen-bond donors (Lipinski definition) is 4. The lowest BCUT2D eigenvalue weighted by atomic mass is 9.85. The van der Waals surface area contributed by atoms with Crippen LogP contribution in [0.4, 0.5) is 0 Å². The Balaban J connectivity index is 2.36. The summed E-state index contributed by atoms with van der Waals surface area (Å²) < 4.78 is 1.00. The average Bonchev–Trinajstić information content (AvgIpc) is 2.99. The standard InChI is InChI=1S/C15H15IN4O2/c1-7-11(14(21)19-17-7)13(9-5-3-4-6-10(9)16)12-8(2)18-20-15(12)22/h3-6,13H,1-2H3,(H2,17,19,21)(H2,18,20,22). The zero-order valence-corrected chi connectivity index (χ0v) is 14.2. The molecule has 0 saturated carbocycles. The highest BCUT2D eigenvalue weighted by Gasteiger charge is 2.29. The van der Waals surface area contributed by atoms with E-state index in [0.717, 1.165) is 20.5 Å². The molecule has 0 bridgehead atoms. The summed E-state index contributed by atoms with van der Waals surface area (Å²) in [7, 11) is 0. The molecule has 0 aliphatic heterocycles. The number of nitrogens with one attached hydrogen (secondary N) is 4. The average molecular weight is 410 g/mol. The van der Waals surface area contributed by atoms with E-state index in [1.54, 1.807) is 0 Å². The van der Waals surface area contributed by atoms with Crippen LogP contribution < -0.4 is 11.1 Å². The van der Waals surface area contributed by atoms with E-state index in [1.165, 1.54) is 0 Å². The Morgan fingerprint density at radius 1 is 0.864 bits per heavy atom. The summed E-state index contributed by atoms with van der Waals surface area (Å²) in [4.78, 5) is 24.5. The lowest BCUT2D eigenvalue weighted by Crippen LogP contribution is -2.21. The van der Waals surface area contributed by atoms with Gasteiger partial charge in [0.1, 0.15) is 0 Å². The molecule has 0 spiro atoms. The van der Waals surface area contributed by atoms with Gasteiger partial charge < -0.3 is 10.2 Å². The minimum Gasteiger partial charge on any atom is -0.302 e. The zero-order valence-electron chi connectivity index (χ0n) is 12.1. The largest absolute Gasteiger partial charge is 0.302 e. The van der Waals surface area contributed by atoms with Crippen molar-refractivity contribution in [3.05, 3.63) is 76.6 Å². The van der Waals surface area contributed by atoms with Crippen molar-refractivity contribution in [3.63, 3.8) is 0 Å². The van der Waals surface area contributed by atoms with Crippen LogP contribution in [0.15, 0.2) is 33.9 Å². The maximum Gasteiger partial charge on any atom is 0.268 e. The van der Waals surface area contributed by atoms with Gasteiger partial charge >= 0.3 is 0 Å². The topological polar surface area (TPSA) is 97.3 Å². The van der Waals surface area contributed by atoms with Crippen molar-refractivity contribution >= 4 is 22.6 Å². The fourth-order valence-corrected chi connectivity index (χ4v) is 3.47. The Bertz CT molecular complexity index is 877. The Morgan fingerprint density at radius 3 is 1.77 bits per heavy atom. The lowest BCUT2D eigenvalue weighted by molar-refractivity contribution is 0.925. The maximum atomic E-state index is 12.3. The van der Waals surface area contributed by atoms with Crippen molar-refractivity contribution in [1.82, 2.24) is 20.4 Å². The summed E-state index contributed by atoms with van der Waals surface area (Å²) in [5, 5.41) is 10.9. The molecule has 0 aliphatic rings. The van der Waals surface area contributed by atoms with Gasteiger partial charge in [-0.25, -0.2) is 0 Å². The van der Waals surface area contributed by atoms with Crippen molar-refractivity contribution < 1.29 is 0 Å². The molecule has 7 heteroatoms. The van der Waals surface area contributed by atoms with Gasteiger partial charge in [-0.1, -0.05) is 18.2 Å². The van der Waals surface area contributed by atoms with Gasteiger partial charge in [-0.2, -0.15) is 0 Å². The molecule has 0 amide bonds. The molecule has 0 atom stereocenters. The fourth-order valence-electron chi connectivity index (χ4n) is 2.77. The third-order valence-electron chi connectivity index (χ3n) is 3.82. The molecule has 4 N–H and O–H groups in total. The van der Waals surface area contributed by atoms with E-state index in [4.69, 9.17) is 0 Å². The van der Waals surface area contributed by atoms with Crippen LogP contribution in [0.1, 0.15) is 34.0 Å². The van der Waals surface area contributed by atoms with Gasteiger partial charge in [0.2, 0.25) is 0 Å². The van der Waals surface area contributed by atoms with E-state index < -0.39 is 5.92 Å². The molecule has 0 radical (unpaired) electrons. The first-order valence-electron chi connectivity index (χ1n) is 6.79. The van der Waals surface area contributed by atoms with E-state index in [1.807, 2.05) is 38.1 Å². The van der Waals surface area contributed by atoms with E-state index in [0.29, 0.717) is 11.1 Å². The summed E-state index contributed by atoms with van der Waals surface area (Å²) in [6, 6.07) is 7.76. The molecule has 0 aliphatic carbocycles. The van der Waals surface area contributed by atoms with Crippen LogP contribution in [-0.2, 0) is 0 Å². The summed E-state index contributed by atoms with van der Waals surface area (Å²) in [5.41, 5.74) is 3.12. The van der Waals surface area contributed by atoms with Crippen molar-refractivity contribution in [2.24, 2.45) is 0 Å². The Labute approximate surface area is 139 Å². The quantitative estimate of drug-likeness (QED) is 0.498. The molecular formula is C15H15IN4O2. The molecule has 2 aromatic heterocycles. The Kier molecular flexibility index (Phi) is 3.81. The van der Waals surface area contributed by atoms with Gasteiger partial charge in [0.15, 0.2) is 0 Å². The molecule has 0 fully saturated rings. The molecule has 6 nitrogen and oxygen atoms in total. The van der Waals surface area contributed by atoms with Gasteiger partial charge in [0.25, 0.3) is 11.1 Å². The molecule has 0 saturated heterocycles. The second-order valence-electron chi connectivity index (χ2n) is 5.19. The van der Waals surface area contributed by atoms with Gasteiger partial charge in [-0.15, -0.1) is 0 Å². The first-order valence-corrected chi connectivity index (χ1v) is 7.87. The highest BCUT2D eigenvalue weighted by atomic mass is 127. The zero-order chi connectivity index (χ0) is 15.9.